The van der Waals surface area contributed by atoms with E-state index >= 15 is 0 Å². The van der Waals surface area contributed by atoms with Gasteiger partial charge in [-0.15, -0.1) is 11.3 Å². The predicted octanol–water partition coefficient (Wildman–Crippen LogP) is 3.80. The first-order valence-corrected chi connectivity index (χ1v) is 9.07. The van der Waals surface area contributed by atoms with Crippen LogP contribution in [0.5, 0.6) is 0 Å². The van der Waals surface area contributed by atoms with Crippen LogP contribution in [-0.4, -0.2) is 42.5 Å². The fraction of sp³-hybridized carbons (Fsp3) is 0.375. The first-order chi connectivity index (χ1) is 11.1. The van der Waals surface area contributed by atoms with Crippen molar-refractivity contribution in [1.29, 1.82) is 0 Å². The highest BCUT2D eigenvalue weighted by Crippen LogP contribution is 2.32. The van der Waals surface area contributed by atoms with Gasteiger partial charge in [-0.05, 0) is 44.1 Å². The van der Waals surface area contributed by atoms with Gasteiger partial charge < -0.3 is 10.2 Å². The van der Waals surface area contributed by atoms with Crippen LogP contribution in [0.4, 0.5) is 0 Å². The van der Waals surface area contributed by atoms with Crippen LogP contribution in [0.1, 0.15) is 16.9 Å². The second-order valence-corrected chi connectivity index (χ2v) is 7.33. The highest BCUT2D eigenvalue weighted by Gasteiger charge is 2.27. The van der Waals surface area contributed by atoms with E-state index in [0.29, 0.717) is 21.7 Å². The maximum atomic E-state index is 12.6. The normalized spacial score (nSPS) is 17.7. The van der Waals surface area contributed by atoms with Crippen LogP contribution in [0.25, 0.3) is 10.6 Å². The van der Waals surface area contributed by atoms with E-state index in [2.05, 4.69) is 10.3 Å². The summed E-state index contributed by atoms with van der Waals surface area (Å²) in [5.41, 5.74) is 1.29. The van der Waals surface area contributed by atoms with Gasteiger partial charge in [-0.2, -0.15) is 0 Å². The third-order valence-corrected chi connectivity index (χ3v) is 5.37. The molecule has 23 heavy (non-hydrogen) atoms. The number of thiazole rings is 1. The summed E-state index contributed by atoms with van der Waals surface area (Å²) >= 11 is 13.6. The summed E-state index contributed by atoms with van der Waals surface area (Å²) in [6, 6.07) is 5.29. The Morgan fingerprint density at radius 2 is 2.30 bits per heavy atom. The molecular weight excluding hydrogens is 353 g/mol. The number of hydrogen-bond acceptors (Lipinski definition) is 4. The molecule has 1 N–H and O–H groups in total. The molecule has 1 aromatic heterocycles. The molecule has 3 rings (SSSR count). The van der Waals surface area contributed by atoms with Gasteiger partial charge in [0, 0.05) is 29.1 Å². The van der Waals surface area contributed by atoms with Gasteiger partial charge in [-0.25, -0.2) is 4.98 Å². The summed E-state index contributed by atoms with van der Waals surface area (Å²) in [7, 11) is 1.94. The number of benzene rings is 1. The lowest BCUT2D eigenvalue weighted by Gasteiger charge is -2.15. The average Bonchev–Trinajstić information content (AvgIpc) is 3.16. The maximum Gasteiger partial charge on any atom is 0.273 e. The lowest BCUT2D eigenvalue weighted by atomic mass is 10.1. The molecule has 2 aromatic rings. The zero-order valence-electron chi connectivity index (χ0n) is 12.7. The van der Waals surface area contributed by atoms with Crippen molar-refractivity contribution in [3.63, 3.8) is 0 Å². The van der Waals surface area contributed by atoms with E-state index in [4.69, 9.17) is 23.2 Å². The van der Waals surface area contributed by atoms with E-state index in [0.717, 1.165) is 36.6 Å². The molecule has 4 nitrogen and oxygen atoms in total. The number of nitrogens with one attached hydrogen (secondary N) is 1. The molecule has 1 saturated heterocycles. The zero-order chi connectivity index (χ0) is 16.4. The van der Waals surface area contributed by atoms with Crippen LogP contribution in [0.2, 0.25) is 10.0 Å². The van der Waals surface area contributed by atoms with Crippen LogP contribution in [-0.2, 0) is 0 Å². The van der Waals surface area contributed by atoms with Crippen molar-refractivity contribution >= 4 is 40.4 Å². The molecule has 1 aromatic carbocycles. The topological polar surface area (TPSA) is 45.2 Å². The molecular formula is C16H17Cl2N3OS. The number of hydrogen-bond donors (Lipinski definition) is 1. The van der Waals surface area contributed by atoms with Crippen molar-refractivity contribution < 1.29 is 4.79 Å². The summed E-state index contributed by atoms with van der Waals surface area (Å²) < 4.78 is 0. The van der Waals surface area contributed by atoms with Crippen molar-refractivity contribution in [2.75, 3.05) is 26.7 Å². The van der Waals surface area contributed by atoms with Gasteiger partial charge in [0.1, 0.15) is 10.7 Å². The standard InChI is InChI=1S/C16H17Cl2N3OS/c1-19-7-10-4-5-21(8-10)16(22)14-9-23-15(20-14)12-3-2-11(17)6-13(12)18/h2-3,6,9-10,19H,4-5,7-8H2,1H3/t10-/m0/s1. The number of halogens is 2. The Balaban J connectivity index is 1.75. The molecule has 0 spiro atoms. The number of likely N-dealkylation sites (tertiary alicyclic amines) is 1. The quantitative estimate of drug-likeness (QED) is 0.891. The molecule has 1 aliphatic heterocycles. The molecule has 0 unspecified atom stereocenters. The van der Waals surface area contributed by atoms with E-state index in [1.54, 1.807) is 17.5 Å². The first-order valence-electron chi connectivity index (χ1n) is 7.43. The minimum atomic E-state index is -0.00353. The third kappa shape index (κ3) is 3.69. The molecule has 7 heteroatoms. The Kier molecular flexibility index (Phi) is 5.21. The Labute approximate surface area is 149 Å². The van der Waals surface area contributed by atoms with Gasteiger partial charge >= 0.3 is 0 Å². The monoisotopic (exact) mass is 369 g/mol. The van der Waals surface area contributed by atoms with E-state index in [9.17, 15) is 4.79 Å². The van der Waals surface area contributed by atoms with Crippen molar-refractivity contribution in [1.82, 2.24) is 15.2 Å². The van der Waals surface area contributed by atoms with Gasteiger partial charge in [0.2, 0.25) is 0 Å². The minimum Gasteiger partial charge on any atom is -0.337 e. The number of rotatable bonds is 4. The van der Waals surface area contributed by atoms with Gasteiger partial charge in [0.25, 0.3) is 5.91 Å². The van der Waals surface area contributed by atoms with Gasteiger partial charge in [-0.1, -0.05) is 23.2 Å². The van der Waals surface area contributed by atoms with Crippen LogP contribution < -0.4 is 5.32 Å². The highest BCUT2D eigenvalue weighted by molar-refractivity contribution is 7.13. The molecule has 2 heterocycles. The molecule has 122 valence electrons. The second kappa shape index (κ2) is 7.18. The molecule has 0 saturated carbocycles. The number of carbonyl (C=O) groups is 1. The molecule has 0 bridgehead atoms. The minimum absolute atomic E-state index is 0.00353. The molecule has 1 fully saturated rings. The third-order valence-electron chi connectivity index (χ3n) is 3.95. The SMILES string of the molecule is CNC[C@@H]1CCN(C(=O)c2csc(-c3ccc(Cl)cc3Cl)n2)C1. The van der Waals surface area contributed by atoms with Crippen molar-refractivity contribution in [2.24, 2.45) is 5.92 Å². The fourth-order valence-electron chi connectivity index (χ4n) is 2.79. The second-order valence-electron chi connectivity index (χ2n) is 5.63. The van der Waals surface area contributed by atoms with E-state index < -0.39 is 0 Å². The Bertz CT molecular complexity index is 719. The Hall–Kier alpha value is -1.14. The van der Waals surface area contributed by atoms with Gasteiger partial charge in [-0.3, -0.25) is 4.79 Å². The average molecular weight is 370 g/mol. The number of aromatic nitrogens is 1. The largest absolute Gasteiger partial charge is 0.337 e. The summed E-state index contributed by atoms with van der Waals surface area (Å²) in [5.74, 6) is 0.518. The van der Waals surface area contributed by atoms with Gasteiger partial charge in [0.05, 0.1) is 5.02 Å². The molecule has 1 aliphatic rings. The summed E-state index contributed by atoms with van der Waals surface area (Å²) in [6.45, 7) is 2.51. The molecule has 0 radical (unpaired) electrons. The number of carbonyl (C=O) groups excluding carboxylic acids is 1. The number of amides is 1. The highest BCUT2D eigenvalue weighted by atomic mass is 35.5. The van der Waals surface area contributed by atoms with Crippen LogP contribution >= 0.6 is 34.5 Å². The van der Waals surface area contributed by atoms with Crippen LogP contribution in [0.15, 0.2) is 23.6 Å². The Morgan fingerprint density at radius 3 is 3.04 bits per heavy atom. The van der Waals surface area contributed by atoms with E-state index in [1.165, 1.54) is 11.3 Å². The van der Waals surface area contributed by atoms with Gasteiger partial charge in [0.15, 0.2) is 0 Å². The van der Waals surface area contributed by atoms with Crippen molar-refractivity contribution in [3.05, 3.63) is 39.3 Å². The van der Waals surface area contributed by atoms with Crippen LogP contribution in [0, 0.1) is 5.92 Å². The van der Waals surface area contributed by atoms with Crippen molar-refractivity contribution in [3.8, 4) is 10.6 Å². The summed E-state index contributed by atoms with van der Waals surface area (Å²) in [4.78, 5) is 18.9. The van der Waals surface area contributed by atoms with Crippen LogP contribution in [0.3, 0.4) is 0 Å². The van der Waals surface area contributed by atoms with E-state index in [1.807, 2.05) is 18.0 Å². The first kappa shape index (κ1) is 16.7. The maximum absolute atomic E-state index is 12.6. The Morgan fingerprint density at radius 1 is 1.48 bits per heavy atom. The van der Waals surface area contributed by atoms with Crippen molar-refractivity contribution in [2.45, 2.75) is 6.42 Å². The fourth-order valence-corrected chi connectivity index (χ4v) is 4.18. The molecule has 0 aliphatic carbocycles. The molecule has 1 atom stereocenters. The zero-order valence-corrected chi connectivity index (χ0v) is 15.0. The smallest absolute Gasteiger partial charge is 0.273 e. The van der Waals surface area contributed by atoms with E-state index in [-0.39, 0.29) is 5.91 Å². The number of nitrogens with zero attached hydrogens (tertiary/aromatic N) is 2. The molecule has 1 amide bonds. The lowest BCUT2D eigenvalue weighted by molar-refractivity contribution is 0.0782. The predicted molar refractivity (Wildman–Crippen MR) is 95.5 cm³/mol. The summed E-state index contributed by atoms with van der Waals surface area (Å²) in [6.07, 6.45) is 1.03. The summed E-state index contributed by atoms with van der Waals surface area (Å²) in [5, 5.41) is 6.83. The lowest BCUT2D eigenvalue weighted by Crippen LogP contribution is -2.30.